The lowest BCUT2D eigenvalue weighted by Crippen LogP contribution is -2.28. The normalized spacial score (nSPS) is 15.8. The second kappa shape index (κ2) is 6.96. The minimum absolute atomic E-state index is 0.0241. The highest BCUT2D eigenvalue weighted by Gasteiger charge is 2.18. The van der Waals surface area contributed by atoms with Crippen LogP contribution in [0.2, 0.25) is 0 Å². The van der Waals surface area contributed by atoms with Crippen molar-refractivity contribution >= 4 is 5.97 Å². The standard InChI is InChI=1S/C16H23NO5/c1-16(2,3)22-15(19)11-21-14-10-20-12(8-13(14)18)9-17-6-4-5-7-17/h8,10H,4-7,9,11H2,1-3H3. The molecule has 0 unspecified atom stereocenters. The molecule has 0 N–H and O–H groups in total. The van der Waals surface area contributed by atoms with Crippen LogP contribution in [0, 0.1) is 0 Å². The van der Waals surface area contributed by atoms with E-state index in [1.165, 1.54) is 25.2 Å². The Hall–Kier alpha value is -1.82. The average Bonchev–Trinajstić information content (AvgIpc) is 2.88. The van der Waals surface area contributed by atoms with Gasteiger partial charge in [0.15, 0.2) is 6.61 Å². The molecule has 1 fully saturated rings. The van der Waals surface area contributed by atoms with Gasteiger partial charge in [-0.3, -0.25) is 9.69 Å². The first-order valence-electron chi connectivity index (χ1n) is 7.52. The summed E-state index contributed by atoms with van der Waals surface area (Å²) >= 11 is 0. The highest BCUT2D eigenvalue weighted by molar-refractivity contribution is 5.71. The first kappa shape index (κ1) is 16.5. The lowest BCUT2D eigenvalue weighted by Gasteiger charge is -2.19. The predicted octanol–water partition coefficient (Wildman–Crippen LogP) is 1.96. The number of nitrogens with zero attached hydrogens (tertiary/aromatic N) is 1. The highest BCUT2D eigenvalue weighted by Crippen LogP contribution is 2.14. The van der Waals surface area contributed by atoms with Crippen LogP contribution >= 0.6 is 0 Å². The molecule has 2 heterocycles. The molecular formula is C16H23NO5. The molecule has 122 valence electrons. The fourth-order valence-corrected chi connectivity index (χ4v) is 2.30. The Morgan fingerprint density at radius 3 is 2.59 bits per heavy atom. The van der Waals surface area contributed by atoms with Gasteiger partial charge in [0.05, 0.1) is 6.54 Å². The second-order valence-electron chi connectivity index (χ2n) is 6.43. The van der Waals surface area contributed by atoms with Crippen LogP contribution in [0.4, 0.5) is 0 Å². The Balaban J connectivity index is 1.89. The summed E-state index contributed by atoms with van der Waals surface area (Å²) in [5, 5.41) is 0. The quantitative estimate of drug-likeness (QED) is 0.774. The lowest BCUT2D eigenvalue weighted by atomic mass is 10.2. The van der Waals surface area contributed by atoms with E-state index in [0.717, 1.165) is 13.1 Å². The molecule has 0 spiro atoms. The average molecular weight is 309 g/mol. The van der Waals surface area contributed by atoms with Gasteiger partial charge in [-0.15, -0.1) is 0 Å². The summed E-state index contributed by atoms with van der Waals surface area (Å²) in [6.07, 6.45) is 3.63. The minimum Gasteiger partial charge on any atom is -0.475 e. The Labute approximate surface area is 130 Å². The Morgan fingerprint density at radius 1 is 1.32 bits per heavy atom. The molecule has 1 aliphatic heterocycles. The summed E-state index contributed by atoms with van der Waals surface area (Å²) in [5.41, 5.74) is -0.867. The highest BCUT2D eigenvalue weighted by atomic mass is 16.6. The topological polar surface area (TPSA) is 69.0 Å². The summed E-state index contributed by atoms with van der Waals surface area (Å²) < 4.78 is 15.7. The minimum atomic E-state index is -0.579. The van der Waals surface area contributed by atoms with Gasteiger partial charge in [-0.05, 0) is 46.7 Å². The van der Waals surface area contributed by atoms with E-state index >= 15 is 0 Å². The Kier molecular flexibility index (Phi) is 5.24. The van der Waals surface area contributed by atoms with Crippen LogP contribution in [-0.2, 0) is 16.1 Å². The summed E-state index contributed by atoms with van der Waals surface area (Å²) in [5.74, 6) is 0.112. The third-order valence-corrected chi connectivity index (χ3v) is 3.20. The van der Waals surface area contributed by atoms with Gasteiger partial charge in [0.2, 0.25) is 11.2 Å². The third kappa shape index (κ3) is 5.18. The number of hydrogen-bond acceptors (Lipinski definition) is 6. The van der Waals surface area contributed by atoms with Crippen LogP contribution in [0.1, 0.15) is 39.4 Å². The molecule has 0 atom stereocenters. The van der Waals surface area contributed by atoms with Crippen LogP contribution in [0.5, 0.6) is 5.75 Å². The van der Waals surface area contributed by atoms with Crippen molar-refractivity contribution in [3.63, 3.8) is 0 Å². The number of esters is 1. The van der Waals surface area contributed by atoms with Crippen LogP contribution in [0.3, 0.4) is 0 Å². The van der Waals surface area contributed by atoms with Gasteiger partial charge >= 0.3 is 5.97 Å². The number of carbonyl (C=O) groups excluding carboxylic acids is 1. The summed E-state index contributed by atoms with van der Waals surface area (Å²) in [6.45, 7) is 7.68. The molecule has 0 saturated carbocycles. The van der Waals surface area contributed by atoms with E-state index in [9.17, 15) is 9.59 Å². The zero-order valence-electron chi connectivity index (χ0n) is 13.4. The maximum atomic E-state index is 12.0. The zero-order valence-corrected chi connectivity index (χ0v) is 13.4. The number of hydrogen-bond donors (Lipinski definition) is 0. The van der Waals surface area contributed by atoms with Crippen molar-refractivity contribution in [3.8, 4) is 5.75 Å². The van der Waals surface area contributed by atoms with E-state index in [0.29, 0.717) is 12.3 Å². The van der Waals surface area contributed by atoms with Crippen molar-refractivity contribution in [1.82, 2.24) is 4.90 Å². The summed E-state index contributed by atoms with van der Waals surface area (Å²) in [4.78, 5) is 25.7. The maximum absolute atomic E-state index is 12.0. The zero-order chi connectivity index (χ0) is 16.2. The van der Waals surface area contributed by atoms with Gasteiger partial charge < -0.3 is 13.9 Å². The largest absolute Gasteiger partial charge is 0.475 e. The van der Waals surface area contributed by atoms with Crippen molar-refractivity contribution in [2.24, 2.45) is 0 Å². The van der Waals surface area contributed by atoms with E-state index in [1.807, 2.05) is 0 Å². The monoisotopic (exact) mass is 309 g/mol. The molecule has 2 rings (SSSR count). The first-order valence-corrected chi connectivity index (χ1v) is 7.52. The SMILES string of the molecule is CC(C)(C)OC(=O)COc1coc(CN2CCCC2)cc1=O. The Morgan fingerprint density at radius 2 is 2.00 bits per heavy atom. The van der Waals surface area contributed by atoms with Gasteiger partial charge in [0.1, 0.15) is 17.6 Å². The molecule has 0 amide bonds. The summed E-state index contributed by atoms with van der Waals surface area (Å²) in [6, 6.07) is 1.42. The van der Waals surface area contributed by atoms with Crippen LogP contribution in [-0.4, -0.2) is 36.2 Å². The molecule has 6 heteroatoms. The summed E-state index contributed by atoms with van der Waals surface area (Å²) in [7, 11) is 0. The van der Waals surface area contributed by atoms with E-state index in [-0.39, 0.29) is 17.8 Å². The molecule has 1 aromatic heterocycles. The number of likely N-dealkylation sites (tertiary alicyclic amines) is 1. The lowest BCUT2D eigenvalue weighted by molar-refractivity contribution is -0.157. The predicted molar refractivity (Wildman–Crippen MR) is 80.8 cm³/mol. The first-order chi connectivity index (χ1) is 10.3. The van der Waals surface area contributed by atoms with Gasteiger partial charge in [-0.2, -0.15) is 0 Å². The number of ether oxygens (including phenoxy) is 2. The molecule has 0 radical (unpaired) electrons. The molecule has 0 bridgehead atoms. The fraction of sp³-hybridized carbons (Fsp3) is 0.625. The van der Waals surface area contributed by atoms with Crippen molar-refractivity contribution in [3.05, 3.63) is 28.3 Å². The molecule has 6 nitrogen and oxygen atoms in total. The van der Waals surface area contributed by atoms with Gasteiger partial charge in [-0.1, -0.05) is 0 Å². The fourth-order valence-electron chi connectivity index (χ4n) is 2.30. The number of rotatable bonds is 5. The Bertz CT molecular complexity index is 567. The van der Waals surface area contributed by atoms with Crippen LogP contribution in [0.15, 0.2) is 21.5 Å². The third-order valence-electron chi connectivity index (χ3n) is 3.20. The van der Waals surface area contributed by atoms with Crippen molar-refractivity contribution in [1.29, 1.82) is 0 Å². The molecule has 1 aliphatic rings. The van der Waals surface area contributed by atoms with E-state index in [4.69, 9.17) is 13.9 Å². The van der Waals surface area contributed by atoms with Crippen LogP contribution < -0.4 is 10.2 Å². The van der Waals surface area contributed by atoms with E-state index < -0.39 is 11.6 Å². The number of carbonyl (C=O) groups is 1. The molecule has 0 aromatic carbocycles. The molecule has 1 aromatic rings. The van der Waals surface area contributed by atoms with Gasteiger partial charge in [0.25, 0.3) is 0 Å². The van der Waals surface area contributed by atoms with Crippen molar-refractivity contribution in [2.75, 3.05) is 19.7 Å². The smallest absolute Gasteiger partial charge is 0.344 e. The van der Waals surface area contributed by atoms with Gasteiger partial charge in [-0.25, -0.2) is 4.79 Å². The maximum Gasteiger partial charge on any atom is 0.344 e. The van der Waals surface area contributed by atoms with Gasteiger partial charge in [0, 0.05) is 6.07 Å². The van der Waals surface area contributed by atoms with Crippen molar-refractivity contribution in [2.45, 2.75) is 45.8 Å². The second-order valence-corrected chi connectivity index (χ2v) is 6.43. The molecule has 0 aliphatic carbocycles. The molecule has 22 heavy (non-hydrogen) atoms. The van der Waals surface area contributed by atoms with Crippen LogP contribution in [0.25, 0.3) is 0 Å². The van der Waals surface area contributed by atoms with E-state index in [1.54, 1.807) is 20.8 Å². The van der Waals surface area contributed by atoms with E-state index in [2.05, 4.69) is 4.90 Å². The van der Waals surface area contributed by atoms with Crippen molar-refractivity contribution < 1.29 is 18.7 Å². The molecular weight excluding hydrogens is 286 g/mol. The molecule has 1 saturated heterocycles.